The molecule has 0 saturated carbocycles. The monoisotopic (exact) mass is 535 g/mol. The first-order valence-corrected chi connectivity index (χ1v) is 12.7. The molecule has 13 heteroatoms. The molecule has 0 radical (unpaired) electrons. The largest absolute Gasteiger partial charge is 0.480 e. The molecule has 0 bridgehead atoms. The second-order valence-corrected chi connectivity index (χ2v) is 9.06. The third-order valence-electron chi connectivity index (χ3n) is 5.81. The Labute approximate surface area is 222 Å². The van der Waals surface area contributed by atoms with Crippen LogP contribution in [0, 0.1) is 0 Å². The van der Waals surface area contributed by atoms with E-state index in [2.05, 4.69) is 16.0 Å². The molecule has 0 aliphatic heterocycles. The molecule has 13 nitrogen and oxygen atoms in total. The Morgan fingerprint density at radius 1 is 0.737 bits per heavy atom. The smallest absolute Gasteiger partial charge is 0.326 e. The van der Waals surface area contributed by atoms with Crippen LogP contribution in [0.25, 0.3) is 0 Å². The van der Waals surface area contributed by atoms with Gasteiger partial charge in [-0.25, -0.2) is 4.79 Å². The lowest BCUT2D eigenvalue weighted by molar-refractivity contribution is -0.142. The summed E-state index contributed by atoms with van der Waals surface area (Å²) in [6.07, 6.45) is 2.26. The first-order chi connectivity index (χ1) is 18.1. The minimum absolute atomic E-state index is 0.0816. The topological polar surface area (TPSA) is 246 Å². The third kappa shape index (κ3) is 12.6. The van der Waals surface area contributed by atoms with E-state index in [1.807, 2.05) is 0 Å². The fraction of sp³-hybridized carbons (Fsp3) is 0.560. The van der Waals surface area contributed by atoms with Crippen LogP contribution in [0.3, 0.4) is 0 Å². The molecule has 4 amide bonds. The van der Waals surface area contributed by atoms with Gasteiger partial charge >= 0.3 is 5.97 Å². The van der Waals surface area contributed by atoms with Crippen LogP contribution in [0.15, 0.2) is 30.3 Å². The highest BCUT2D eigenvalue weighted by molar-refractivity contribution is 5.95. The molecule has 1 rings (SSSR count). The maximum absolute atomic E-state index is 13.3. The number of carboxylic acid groups (broad SMARTS) is 1. The summed E-state index contributed by atoms with van der Waals surface area (Å²) in [5.74, 6) is -4.05. The van der Waals surface area contributed by atoms with Gasteiger partial charge in [0.15, 0.2) is 0 Å². The normalized spacial score (nSPS) is 14.0. The van der Waals surface area contributed by atoms with Crippen molar-refractivity contribution >= 4 is 29.6 Å². The van der Waals surface area contributed by atoms with Crippen molar-refractivity contribution in [1.82, 2.24) is 16.0 Å². The van der Waals surface area contributed by atoms with Gasteiger partial charge in [-0.2, -0.15) is 0 Å². The second kappa shape index (κ2) is 17.8. The van der Waals surface area contributed by atoms with Crippen molar-refractivity contribution in [2.75, 3.05) is 13.1 Å². The highest BCUT2D eigenvalue weighted by Crippen LogP contribution is 2.08. The SMILES string of the molecule is NCCCCC(NC(=O)C(Cc1ccccc1)NC(=O)C(CCCCN)NC(=O)C(N)CC(N)=O)C(=O)O. The summed E-state index contributed by atoms with van der Waals surface area (Å²) in [6.45, 7) is 0.774. The molecule has 0 saturated heterocycles. The van der Waals surface area contributed by atoms with Crippen molar-refractivity contribution < 1.29 is 29.1 Å². The Morgan fingerprint density at radius 3 is 1.76 bits per heavy atom. The van der Waals surface area contributed by atoms with E-state index in [0.29, 0.717) is 38.8 Å². The zero-order valence-corrected chi connectivity index (χ0v) is 21.6. The molecule has 0 aromatic heterocycles. The van der Waals surface area contributed by atoms with Gasteiger partial charge in [-0.3, -0.25) is 19.2 Å². The Morgan fingerprint density at radius 2 is 1.24 bits per heavy atom. The lowest BCUT2D eigenvalue weighted by Gasteiger charge is -2.25. The first kappa shape index (κ1) is 32.5. The maximum atomic E-state index is 13.3. The van der Waals surface area contributed by atoms with Crippen LogP contribution in [-0.2, 0) is 30.4 Å². The molecule has 212 valence electrons. The van der Waals surface area contributed by atoms with Gasteiger partial charge in [-0.15, -0.1) is 0 Å². The zero-order valence-electron chi connectivity index (χ0n) is 21.6. The summed E-state index contributed by atoms with van der Waals surface area (Å²) >= 11 is 0. The summed E-state index contributed by atoms with van der Waals surface area (Å²) in [5.41, 5.74) is 22.6. The van der Waals surface area contributed by atoms with E-state index in [9.17, 15) is 29.1 Å². The van der Waals surface area contributed by atoms with Gasteiger partial charge in [-0.1, -0.05) is 30.3 Å². The number of amides is 4. The average Bonchev–Trinajstić information content (AvgIpc) is 2.87. The number of benzene rings is 1. The Hall–Kier alpha value is -3.55. The number of hydrogen-bond acceptors (Lipinski definition) is 8. The summed E-state index contributed by atoms with van der Waals surface area (Å²) < 4.78 is 0. The van der Waals surface area contributed by atoms with Crippen molar-refractivity contribution in [2.24, 2.45) is 22.9 Å². The molecule has 0 aliphatic carbocycles. The van der Waals surface area contributed by atoms with Crippen LogP contribution in [0.5, 0.6) is 0 Å². The van der Waals surface area contributed by atoms with Gasteiger partial charge in [0.1, 0.15) is 18.1 Å². The number of nitrogens with one attached hydrogen (secondary N) is 3. The molecule has 0 heterocycles. The maximum Gasteiger partial charge on any atom is 0.326 e. The van der Waals surface area contributed by atoms with Crippen molar-refractivity contribution in [1.29, 1.82) is 0 Å². The van der Waals surface area contributed by atoms with Crippen LogP contribution in [0.1, 0.15) is 50.5 Å². The molecule has 0 fully saturated rings. The van der Waals surface area contributed by atoms with E-state index < -0.39 is 60.2 Å². The van der Waals surface area contributed by atoms with Gasteiger partial charge in [0, 0.05) is 6.42 Å². The molecule has 1 aromatic rings. The van der Waals surface area contributed by atoms with Crippen LogP contribution in [0.2, 0.25) is 0 Å². The van der Waals surface area contributed by atoms with E-state index in [1.165, 1.54) is 0 Å². The predicted octanol–water partition coefficient (Wildman–Crippen LogP) is -1.77. The molecule has 38 heavy (non-hydrogen) atoms. The van der Waals surface area contributed by atoms with Crippen LogP contribution in [-0.4, -0.2) is 72.0 Å². The summed E-state index contributed by atoms with van der Waals surface area (Å²) in [7, 11) is 0. The van der Waals surface area contributed by atoms with Crippen molar-refractivity contribution in [3.63, 3.8) is 0 Å². The number of hydrogen-bond donors (Lipinski definition) is 8. The Bertz CT molecular complexity index is 915. The number of primary amides is 1. The van der Waals surface area contributed by atoms with Crippen LogP contribution >= 0.6 is 0 Å². The average molecular weight is 536 g/mol. The lowest BCUT2D eigenvalue weighted by Crippen LogP contribution is -2.57. The van der Waals surface area contributed by atoms with Gasteiger partial charge in [0.25, 0.3) is 0 Å². The number of carbonyl (C=O) groups is 5. The summed E-state index contributed by atoms with van der Waals surface area (Å²) in [4.78, 5) is 61.8. The van der Waals surface area contributed by atoms with E-state index >= 15 is 0 Å². The standard InChI is InChI=1S/C25H41N7O6/c26-12-6-4-10-18(30-22(34)17(28)15-21(29)33)23(35)32-20(14-16-8-2-1-3-9-16)24(36)31-19(25(37)38)11-5-7-13-27/h1-3,8-9,17-20H,4-7,10-15,26-28H2,(H2,29,33)(H,30,34)(H,31,36)(H,32,35)(H,37,38). The molecular weight excluding hydrogens is 494 g/mol. The fourth-order valence-corrected chi connectivity index (χ4v) is 3.70. The Balaban J connectivity index is 3.09. The summed E-state index contributed by atoms with van der Waals surface area (Å²) in [5, 5.41) is 17.2. The number of carboxylic acids is 1. The lowest BCUT2D eigenvalue weighted by atomic mass is 10.0. The number of nitrogens with two attached hydrogens (primary N) is 4. The highest BCUT2D eigenvalue weighted by Gasteiger charge is 2.30. The van der Waals surface area contributed by atoms with Gasteiger partial charge in [-0.05, 0) is 57.2 Å². The van der Waals surface area contributed by atoms with Crippen molar-refractivity contribution in [3.05, 3.63) is 35.9 Å². The van der Waals surface area contributed by atoms with Crippen LogP contribution < -0.4 is 38.9 Å². The van der Waals surface area contributed by atoms with E-state index in [0.717, 1.165) is 5.56 Å². The summed E-state index contributed by atoms with van der Waals surface area (Å²) in [6, 6.07) is 4.28. The van der Waals surface area contributed by atoms with Crippen LogP contribution in [0.4, 0.5) is 0 Å². The molecular formula is C25H41N7O6. The molecule has 4 unspecified atom stereocenters. The Kier molecular flexibility index (Phi) is 15.2. The molecule has 0 aliphatic rings. The molecule has 4 atom stereocenters. The van der Waals surface area contributed by atoms with E-state index in [-0.39, 0.29) is 19.3 Å². The number of rotatable bonds is 19. The van der Waals surface area contributed by atoms with Gasteiger partial charge in [0.05, 0.1) is 12.5 Å². The van der Waals surface area contributed by atoms with Crippen molar-refractivity contribution in [2.45, 2.75) is 75.5 Å². The minimum atomic E-state index is -1.24. The quantitative estimate of drug-likeness (QED) is 0.0932. The minimum Gasteiger partial charge on any atom is -0.480 e. The number of aliphatic carboxylic acids is 1. The molecule has 0 spiro atoms. The van der Waals surface area contributed by atoms with E-state index in [1.54, 1.807) is 30.3 Å². The number of carbonyl (C=O) groups excluding carboxylic acids is 4. The van der Waals surface area contributed by atoms with Crippen molar-refractivity contribution in [3.8, 4) is 0 Å². The number of unbranched alkanes of at least 4 members (excludes halogenated alkanes) is 2. The third-order valence-corrected chi connectivity index (χ3v) is 5.81. The van der Waals surface area contributed by atoms with Gasteiger partial charge in [0.2, 0.25) is 23.6 Å². The highest BCUT2D eigenvalue weighted by atomic mass is 16.4. The predicted molar refractivity (Wildman–Crippen MR) is 141 cm³/mol. The van der Waals surface area contributed by atoms with Gasteiger partial charge < -0.3 is 44.0 Å². The molecule has 1 aromatic carbocycles. The first-order valence-electron chi connectivity index (χ1n) is 12.7. The van der Waals surface area contributed by atoms with E-state index in [4.69, 9.17) is 22.9 Å². The fourth-order valence-electron chi connectivity index (χ4n) is 3.70. The molecule has 12 N–H and O–H groups in total. The second-order valence-electron chi connectivity index (χ2n) is 9.06. The zero-order chi connectivity index (χ0) is 28.5.